The van der Waals surface area contributed by atoms with Gasteiger partial charge in [-0.3, -0.25) is 14.4 Å². The number of carbonyl (C=O) groups is 3. The number of ether oxygens (including phenoxy) is 1. The molecule has 7 nitrogen and oxygen atoms in total. The molecule has 2 rings (SSSR count). The average molecular weight is 370 g/mol. The lowest BCUT2D eigenvalue weighted by atomic mass is 10.2. The van der Waals surface area contributed by atoms with Crippen molar-refractivity contribution in [1.29, 1.82) is 0 Å². The molecule has 0 saturated heterocycles. The van der Waals surface area contributed by atoms with Crippen LogP contribution in [-0.4, -0.2) is 46.9 Å². The standard InChI is InChI=1S/C20H22N2O5/c1-14(2)22(13-19(24)25)18(23)12-21-20(26)15-8-10-17(11-9-15)27-16-6-4-3-5-7-16/h3-11,14H,12-13H2,1-2H3,(H,21,26)(H,24,25). The van der Waals surface area contributed by atoms with Gasteiger partial charge in [0.25, 0.3) is 5.91 Å². The molecule has 0 spiro atoms. The second-order valence-electron chi connectivity index (χ2n) is 6.13. The quantitative estimate of drug-likeness (QED) is 0.744. The SMILES string of the molecule is CC(C)N(CC(=O)O)C(=O)CNC(=O)c1ccc(Oc2ccccc2)cc1. The third kappa shape index (κ3) is 6.14. The smallest absolute Gasteiger partial charge is 0.323 e. The van der Waals surface area contributed by atoms with E-state index in [-0.39, 0.29) is 12.6 Å². The molecule has 0 aliphatic heterocycles. The van der Waals surface area contributed by atoms with E-state index < -0.39 is 24.3 Å². The Kier molecular flexibility index (Phi) is 6.93. The summed E-state index contributed by atoms with van der Waals surface area (Å²) in [7, 11) is 0. The largest absolute Gasteiger partial charge is 0.480 e. The van der Waals surface area contributed by atoms with E-state index in [1.165, 1.54) is 4.90 Å². The minimum atomic E-state index is -1.10. The Morgan fingerprint density at radius 3 is 2.15 bits per heavy atom. The van der Waals surface area contributed by atoms with E-state index >= 15 is 0 Å². The van der Waals surface area contributed by atoms with Crippen LogP contribution in [0.3, 0.4) is 0 Å². The summed E-state index contributed by atoms with van der Waals surface area (Å²) in [6.07, 6.45) is 0. The van der Waals surface area contributed by atoms with Crippen molar-refractivity contribution in [2.45, 2.75) is 19.9 Å². The number of amides is 2. The molecular formula is C20H22N2O5. The zero-order valence-corrected chi connectivity index (χ0v) is 15.2. The number of aliphatic carboxylic acids is 1. The van der Waals surface area contributed by atoms with E-state index in [1.807, 2.05) is 30.3 Å². The van der Waals surface area contributed by atoms with Gasteiger partial charge in [0.2, 0.25) is 5.91 Å². The summed E-state index contributed by atoms with van der Waals surface area (Å²) in [5.74, 6) is -0.704. The zero-order valence-electron chi connectivity index (χ0n) is 15.2. The van der Waals surface area contributed by atoms with Crippen molar-refractivity contribution in [1.82, 2.24) is 10.2 Å². The van der Waals surface area contributed by atoms with Crippen LogP contribution in [0.1, 0.15) is 24.2 Å². The molecule has 2 aromatic rings. The summed E-state index contributed by atoms with van der Waals surface area (Å²) in [4.78, 5) is 36.4. The number of rotatable bonds is 8. The minimum absolute atomic E-state index is 0.271. The highest BCUT2D eigenvalue weighted by atomic mass is 16.5. The van der Waals surface area contributed by atoms with Crippen LogP contribution in [-0.2, 0) is 9.59 Å². The molecule has 142 valence electrons. The Morgan fingerprint density at radius 2 is 1.59 bits per heavy atom. The van der Waals surface area contributed by atoms with Crippen molar-refractivity contribution in [3.05, 3.63) is 60.2 Å². The highest BCUT2D eigenvalue weighted by Crippen LogP contribution is 2.21. The lowest BCUT2D eigenvalue weighted by Gasteiger charge is -2.24. The molecular weight excluding hydrogens is 348 g/mol. The Morgan fingerprint density at radius 1 is 1.00 bits per heavy atom. The van der Waals surface area contributed by atoms with Gasteiger partial charge in [0.1, 0.15) is 18.0 Å². The molecule has 0 unspecified atom stereocenters. The molecule has 0 aliphatic rings. The summed E-state index contributed by atoms with van der Waals surface area (Å²) >= 11 is 0. The molecule has 0 atom stereocenters. The fourth-order valence-electron chi connectivity index (χ4n) is 2.36. The van der Waals surface area contributed by atoms with Gasteiger partial charge in [-0.2, -0.15) is 0 Å². The normalized spacial score (nSPS) is 10.3. The van der Waals surface area contributed by atoms with Crippen LogP contribution in [0.25, 0.3) is 0 Å². The number of benzene rings is 2. The summed E-state index contributed by atoms with van der Waals surface area (Å²) < 4.78 is 5.66. The van der Waals surface area contributed by atoms with Gasteiger partial charge in [-0.1, -0.05) is 18.2 Å². The second kappa shape index (κ2) is 9.38. The zero-order chi connectivity index (χ0) is 19.8. The first-order valence-corrected chi connectivity index (χ1v) is 8.49. The lowest BCUT2D eigenvalue weighted by molar-refractivity contribution is -0.145. The Bertz CT molecular complexity index is 788. The average Bonchev–Trinajstić information content (AvgIpc) is 2.65. The van der Waals surface area contributed by atoms with E-state index in [2.05, 4.69) is 5.32 Å². The summed E-state index contributed by atoms with van der Waals surface area (Å²) in [5.41, 5.74) is 0.373. The number of para-hydroxylation sites is 1. The van der Waals surface area contributed by atoms with E-state index in [0.717, 1.165) is 0 Å². The number of carboxylic acid groups (broad SMARTS) is 1. The molecule has 7 heteroatoms. The van der Waals surface area contributed by atoms with Crippen LogP contribution in [0.5, 0.6) is 11.5 Å². The molecule has 0 aromatic heterocycles. The summed E-state index contributed by atoms with van der Waals surface area (Å²) in [6.45, 7) is 2.76. The molecule has 27 heavy (non-hydrogen) atoms. The Labute approximate surface area is 157 Å². The highest BCUT2D eigenvalue weighted by Gasteiger charge is 2.20. The fourth-order valence-corrected chi connectivity index (χ4v) is 2.36. The molecule has 2 N–H and O–H groups in total. The van der Waals surface area contributed by atoms with Gasteiger partial charge in [-0.15, -0.1) is 0 Å². The van der Waals surface area contributed by atoms with Crippen LogP contribution in [0.4, 0.5) is 0 Å². The molecule has 0 aliphatic carbocycles. The van der Waals surface area contributed by atoms with Crippen LogP contribution >= 0.6 is 0 Å². The topological polar surface area (TPSA) is 95.9 Å². The first kappa shape index (κ1) is 20.0. The van der Waals surface area contributed by atoms with Crippen molar-refractivity contribution < 1.29 is 24.2 Å². The van der Waals surface area contributed by atoms with Gasteiger partial charge in [-0.25, -0.2) is 0 Å². The van der Waals surface area contributed by atoms with Crippen molar-refractivity contribution in [2.24, 2.45) is 0 Å². The Balaban J connectivity index is 1.91. The number of hydrogen-bond acceptors (Lipinski definition) is 4. The maximum Gasteiger partial charge on any atom is 0.323 e. The summed E-state index contributed by atoms with van der Waals surface area (Å²) in [6, 6.07) is 15.5. The van der Waals surface area contributed by atoms with Crippen molar-refractivity contribution in [2.75, 3.05) is 13.1 Å². The summed E-state index contributed by atoms with van der Waals surface area (Å²) in [5, 5.41) is 11.4. The molecule has 2 aromatic carbocycles. The first-order valence-electron chi connectivity index (χ1n) is 8.49. The van der Waals surface area contributed by atoms with Gasteiger partial charge in [0, 0.05) is 11.6 Å². The van der Waals surface area contributed by atoms with E-state index in [0.29, 0.717) is 17.1 Å². The monoisotopic (exact) mass is 370 g/mol. The molecule has 2 amide bonds. The molecule has 0 heterocycles. The lowest BCUT2D eigenvalue weighted by Crippen LogP contribution is -2.45. The Hall–Kier alpha value is -3.35. The predicted molar refractivity (Wildman–Crippen MR) is 99.8 cm³/mol. The number of nitrogens with zero attached hydrogens (tertiary/aromatic N) is 1. The number of carbonyl (C=O) groups excluding carboxylic acids is 2. The maximum absolute atomic E-state index is 12.2. The van der Waals surface area contributed by atoms with Crippen molar-refractivity contribution >= 4 is 17.8 Å². The second-order valence-corrected chi connectivity index (χ2v) is 6.13. The van der Waals surface area contributed by atoms with Gasteiger partial charge >= 0.3 is 5.97 Å². The number of nitrogens with one attached hydrogen (secondary N) is 1. The van der Waals surface area contributed by atoms with Gasteiger partial charge in [0.05, 0.1) is 6.54 Å². The fraction of sp³-hybridized carbons (Fsp3) is 0.250. The molecule has 0 radical (unpaired) electrons. The number of carboxylic acids is 1. The third-order valence-corrected chi connectivity index (χ3v) is 3.74. The van der Waals surface area contributed by atoms with Crippen LogP contribution in [0.2, 0.25) is 0 Å². The van der Waals surface area contributed by atoms with Crippen LogP contribution in [0.15, 0.2) is 54.6 Å². The predicted octanol–water partition coefficient (Wildman–Crippen LogP) is 2.53. The van der Waals surface area contributed by atoms with E-state index in [4.69, 9.17) is 9.84 Å². The molecule has 0 bridgehead atoms. The maximum atomic E-state index is 12.2. The van der Waals surface area contributed by atoms with E-state index in [1.54, 1.807) is 38.1 Å². The van der Waals surface area contributed by atoms with Crippen LogP contribution < -0.4 is 10.1 Å². The minimum Gasteiger partial charge on any atom is -0.480 e. The highest BCUT2D eigenvalue weighted by molar-refractivity contribution is 5.96. The van der Waals surface area contributed by atoms with E-state index in [9.17, 15) is 14.4 Å². The van der Waals surface area contributed by atoms with Crippen molar-refractivity contribution in [3.8, 4) is 11.5 Å². The van der Waals surface area contributed by atoms with Gasteiger partial charge in [-0.05, 0) is 50.2 Å². The van der Waals surface area contributed by atoms with Crippen LogP contribution in [0, 0.1) is 0 Å². The third-order valence-electron chi connectivity index (χ3n) is 3.74. The molecule has 0 fully saturated rings. The first-order chi connectivity index (χ1) is 12.9. The molecule has 0 saturated carbocycles. The van der Waals surface area contributed by atoms with Gasteiger partial charge in [0.15, 0.2) is 0 Å². The number of hydrogen-bond donors (Lipinski definition) is 2. The van der Waals surface area contributed by atoms with Crippen molar-refractivity contribution in [3.63, 3.8) is 0 Å². The van der Waals surface area contributed by atoms with Gasteiger partial charge < -0.3 is 20.1 Å².